The third kappa shape index (κ3) is 2.75. The number of benzene rings is 2. The zero-order chi connectivity index (χ0) is 12.4. The van der Waals surface area contributed by atoms with Gasteiger partial charge in [0.15, 0.2) is 11.6 Å². The van der Waals surface area contributed by atoms with Crippen LogP contribution < -0.4 is 10.5 Å². The number of hydrogen-bond donors (Lipinski definition) is 1. The lowest BCUT2D eigenvalue weighted by atomic mass is 10.2. The number of ether oxygens (including phenoxy) is 1. The van der Waals surface area contributed by atoms with E-state index in [2.05, 4.69) is 0 Å². The molecule has 0 saturated heterocycles. The number of nitrogen functional groups attached to an aromatic ring is 1. The highest BCUT2D eigenvalue weighted by molar-refractivity contribution is 5.48. The van der Waals surface area contributed by atoms with E-state index >= 15 is 0 Å². The second-order valence-electron chi connectivity index (χ2n) is 4.12. The number of hydrogen-bond acceptors (Lipinski definition) is 2. The number of rotatable bonds is 2. The maximum Gasteiger partial charge on any atom is 0.165 e. The molecular weight excluding hydrogens is 217 g/mol. The molecule has 0 aliphatic heterocycles. The molecule has 0 fully saturated rings. The summed E-state index contributed by atoms with van der Waals surface area (Å²) in [5.41, 5.74) is 8.24. The van der Waals surface area contributed by atoms with Crippen LogP contribution in [0.3, 0.4) is 0 Å². The summed E-state index contributed by atoms with van der Waals surface area (Å²) in [5, 5.41) is 0. The lowest BCUT2D eigenvalue weighted by Gasteiger charge is -2.09. The standard InChI is InChI=1S/C14H14FNO/c1-9-3-4-13(15)14(7-9)17-12-6-10(2)5-11(16)8-12/h3-8H,16H2,1-2H3. The summed E-state index contributed by atoms with van der Waals surface area (Å²) in [5.74, 6) is 0.387. The van der Waals surface area contributed by atoms with Gasteiger partial charge in [-0.05, 0) is 49.2 Å². The van der Waals surface area contributed by atoms with Crippen molar-refractivity contribution in [2.75, 3.05) is 5.73 Å². The topological polar surface area (TPSA) is 35.2 Å². The molecule has 0 atom stereocenters. The smallest absolute Gasteiger partial charge is 0.165 e. The summed E-state index contributed by atoms with van der Waals surface area (Å²) in [6, 6.07) is 10.1. The van der Waals surface area contributed by atoms with Crippen LogP contribution in [0.1, 0.15) is 11.1 Å². The van der Waals surface area contributed by atoms with Crippen molar-refractivity contribution in [3.8, 4) is 11.5 Å². The fourth-order valence-electron chi connectivity index (χ4n) is 1.65. The first kappa shape index (κ1) is 11.5. The van der Waals surface area contributed by atoms with Crippen molar-refractivity contribution in [1.82, 2.24) is 0 Å². The summed E-state index contributed by atoms with van der Waals surface area (Å²) in [6.07, 6.45) is 0. The van der Waals surface area contributed by atoms with Crippen molar-refractivity contribution >= 4 is 5.69 Å². The Labute approximate surface area is 99.8 Å². The highest BCUT2D eigenvalue weighted by Gasteiger charge is 2.05. The van der Waals surface area contributed by atoms with Gasteiger partial charge < -0.3 is 10.5 Å². The predicted octanol–water partition coefficient (Wildman–Crippen LogP) is 3.82. The van der Waals surface area contributed by atoms with Crippen LogP contribution in [0.25, 0.3) is 0 Å². The molecular formula is C14H14FNO. The Kier molecular flexibility index (Phi) is 3.00. The first-order valence-electron chi connectivity index (χ1n) is 5.36. The van der Waals surface area contributed by atoms with Gasteiger partial charge in [0.25, 0.3) is 0 Å². The van der Waals surface area contributed by atoms with Crippen LogP contribution in [-0.4, -0.2) is 0 Å². The normalized spacial score (nSPS) is 10.3. The van der Waals surface area contributed by atoms with E-state index in [4.69, 9.17) is 10.5 Å². The Morgan fingerprint density at radius 2 is 1.76 bits per heavy atom. The highest BCUT2D eigenvalue weighted by Crippen LogP contribution is 2.27. The molecule has 17 heavy (non-hydrogen) atoms. The third-order valence-electron chi connectivity index (χ3n) is 2.39. The van der Waals surface area contributed by atoms with Crippen LogP contribution in [-0.2, 0) is 0 Å². The van der Waals surface area contributed by atoms with Gasteiger partial charge in [-0.25, -0.2) is 4.39 Å². The molecule has 0 amide bonds. The molecule has 2 rings (SSSR count). The first-order chi connectivity index (χ1) is 8.04. The summed E-state index contributed by atoms with van der Waals surface area (Å²) < 4.78 is 19.0. The Morgan fingerprint density at radius 3 is 2.47 bits per heavy atom. The third-order valence-corrected chi connectivity index (χ3v) is 2.39. The molecule has 0 aliphatic rings. The Balaban J connectivity index is 2.34. The van der Waals surface area contributed by atoms with Gasteiger partial charge in [0, 0.05) is 11.8 Å². The number of nitrogens with two attached hydrogens (primary N) is 1. The van der Waals surface area contributed by atoms with Crippen LogP contribution in [0.2, 0.25) is 0 Å². The van der Waals surface area contributed by atoms with Gasteiger partial charge >= 0.3 is 0 Å². The predicted molar refractivity (Wildman–Crippen MR) is 66.8 cm³/mol. The molecule has 0 saturated carbocycles. The van der Waals surface area contributed by atoms with Crippen LogP contribution >= 0.6 is 0 Å². The van der Waals surface area contributed by atoms with Gasteiger partial charge in [-0.2, -0.15) is 0 Å². The van der Waals surface area contributed by atoms with Crippen molar-refractivity contribution in [1.29, 1.82) is 0 Å². The minimum absolute atomic E-state index is 0.218. The van der Waals surface area contributed by atoms with Crippen molar-refractivity contribution in [3.05, 3.63) is 53.3 Å². The van der Waals surface area contributed by atoms with Gasteiger partial charge in [-0.15, -0.1) is 0 Å². The van der Waals surface area contributed by atoms with E-state index in [0.29, 0.717) is 11.4 Å². The van der Waals surface area contributed by atoms with Gasteiger partial charge in [-0.3, -0.25) is 0 Å². The molecule has 0 heterocycles. The zero-order valence-electron chi connectivity index (χ0n) is 9.83. The zero-order valence-corrected chi connectivity index (χ0v) is 9.83. The van der Waals surface area contributed by atoms with Crippen molar-refractivity contribution in [2.45, 2.75) is 13.8 Å². The van der Waals surface area contributed by atoms with Gasteiger partial charge in [0.2, 0.25) is 0 Å². The molecule has 0 aromatic heterocycles. The highest BCUT2D eigenvalue weighted by atomic mass is 19.1. The van der Waals surface area contributed by atoms with Crippen molar-refractivity contribution in [2.24, 2.45) is 0 Å². The lowest BCUT2D eigenvalue weighted by Crippen LogP contribution is -1.92. The summed E-state index contributed by atoms with van der Waals surface area (Å²) in [6.45, 7) is 3.80. The van der Waals surface area contributed by atoms with Crippen LogP contribution in [0, 0.1) is 19.7 Å². The van der Waals surface area contributed by atoms with Gasteiger partial charge in [0.1, 0.15) is 5.75 Å². The molecule has 0 spiro atoms. The number of halogens is 1. The summed E-state index contributed by atoms with van der Waals surface area (Å²) in [7, 11) is 0. The fourth-order valence-corrected chi connectivity index (χ4v) is 1.65. The Morgan fingerprint density at radius 1 is 1.00 bits per heavy atom. The SMILES string of the molecule is Cc1cc(N)cc(Oc2cc(C)ccc2F)c1. The molecule has 2 aromatic carbocycles. The van der Waals surface area contributed by atoms with Crippen molar-refractivity contribution < 1.29 is 9.13 Å². The van der Waals surface area contributed by atoms with Crippen molar-refractivity contribution in [3.63, 3.8) is 0 Å². The van der Waals surface area contributed by atoms with E-state index in [1.807, 2.05) is 26.0 Å². The van der Waals surface area contributed by atoms with Gasteiger partial charge in [0.05, 0.1) is 0 Å². The van der Waals surface area contributed by atoms with E-state index in [1.165, 1.54) is 6.07 Å². The van der Waals surface area contributed by atoms with Crippen LogP contribution in [0.5, 0.6) is 11.5 Å². The summed E-state index contributed by atoms with van der Waals surface area (Å²) in [4.78, 5) is 0. The Bertz CT molecular complexity index is 532. The maximum atomic E-state index is 13.5. The minimum atomic E-state index is -0.379. The fraction of sp³-hybridized carbons (Fsp3) is 0.143. The molecule has 2 nitrogen and oxygen atoms in total. The molecule has 0 bridgehead atoms. The van der Waals surface area contributed by atoms with Crippen LogP contribution in [0.4, 0.5) is 10.1 Å². The molecule has 0 unspecified atom stereocenters. The number of aryl methyl sites for hydroxylation is 2. The van der Waals surface area contributed by atoms with Crippen LogP contribution in [0.15, 0.2) is 36.4 Å². The van der Waals surface area contributed by atoms with E-state index in [-0.39, 0.29) is 11.6 Å². The van der Waals surface area contributed by atoms with E-state index < -0.39 is 0 Å². The van der Waals surface area contributed by atoms with E-state index in [0.717, 1.165) is 11.1 Å². The largest absolute Gasteiger partial charge is 0.454 e. The second kappa shape index (κ2) is 4.45. The average Bonchev–Trinajstić information content (AvgIpc) is 2.22. The quantitative estimate of drug-likeness (QED) is 0.797. The molecule has 0 aliphatic carbocycles. The molecule has 0 radical (unpaired) electrons. The molecule has 3 heteroatoms. The van der Waals surface area contributed by atoms with Gasteiger partial charge in [-0.1, -0.05) is 6.07 Å². The maximum absolute atomic E-state index is 13.5. The lowest BCUT2D eigenvalue weighted by molar-refractivity contribution is 0.442. The average molecular weight is 231 g/mol. The minimum Gasteiger partial charge on any atom is -0.454 e. The van der Waals surface area contributed by atoms with E-state index in [9.17, 15) is 4.39 Å². The van der Waals surface area contributed by atoms with E-state index in [1.54, 1.807) is 18.2 Å². The molecule has 2 N–H and O–H groups in total. The molecule has 88 valence electrons. The monoisotopic (exact) mass is 231 g/mol. The first-order valence-corrected chi connectivity index (χ1v) is 5.36. The Hall–Kier alpha value is -2.03. The second-order valence-corrected chi connectivity index (χ2v) is 4.12. The molecule has 2 aromatic rings. The summed E-state index contributed by atoms with van der Waals surface area (Å²) >= 11 is 0. The number of anilines is 1.